The Balaban J connectivity index is 1.38. The molecule has 2 aromatic carbocycles. The van der Waals surface area contributed by atoms with Crippen molar-refractivity contribution < 1.29 is 19.2 Å². The molecule has 0 aliphatic carbocycles. The summed E-state index contributed by atoms with van der Waals surface area (Å²) in [4.78, 5) is 57.6. The molecule has 2 aliphatic heterocycles. The molecule has 4 amide bonds. The van der Waals surface area contributed by atoms with E-state index in [2.05, 4.69) is 32.8 Å². The van der Waals surface area contributed by atoms with E-state index in [-0.39, 0.29) is 12.3 Å². The molecule has 2 saturated heterocycles. The van der Waals surface area contributed by atoms with Gasteiger partial charge in [0.1, 0.15) is 6.04 Å². The number of halogens is 1. The van der Waals surface area contributed by atoms with E-state index in [1.165, 1.54) is 0 Å². The number of hydrogen-bond donors (Lipinski definition) is 3. The maximum Gasteiger partial charge on any atom is 0.251 e. The van der Waals surface area contributed by atoms with Gasteiger partial charge in [-0.2, -0.15) is 0 Å². The minimum atomic E-state index is -1.07. The Kier molecular flexibility index (Phi) is 10.5. The topological polar surface area (TPSA) is 114 Å². The minimum Gasteiger partial charge on any atom is -0.353 e. The fourth-order valence-corrected chi connectivity index (χ4v) is 4.91. The lowest BCUT2D eigenvalue weighted by atomic mass is 10.1. The van der Waals surface area contributed by atoms with Crippen LogP contribution < -0.4 is 20.9 Å². The smallest absolute Gasteiger partial charge is 0.251 e. The number of benzene rings is 2. The van der Waals surface area contributed by atoms with Gasteiger partial charge in [-0.1, -0.05) is 11.6 Å². The summed E-state index contributed by atoms with van der Waals surface area (Å²) in [6.07, 6.45) is 2.11. The van der Waals surface area contributed by atoms with Crippen LogP contribution in [0.15, 0.2) is 48.5 Å². The Morgan fingerprint density at radius 2 is 1.62 bits per heavy atom. The number of carbonyl (C=O) groups excluding carboxylic acids is 4. The second-order valence-corrected chi connectivity index (χ2v) is 10.7. The van der Waals surface area contributed by atoms with Crippen LogP contribution in [0.25, 0.3) is 0 Å². The van der Waals surface area contributed by atoms with E-state index >= 15 is 0 Å². The Bertz CT molecular complexity index is 1180. The van der Waals surface area contributed by atoms with E-state index in [1.54, 1.807) is 53.4 Å². The zero-order valence-corrected chi connectivity index (χ0v) is 23.6. The van der Waals surface area contributed by atoms with E-state index < -0.39 is 23.8 Å². The van der Waals surface area contributed by atoms with Gasteiger partial charge in [-0.15, -0.1) is 0 Å². The number of carbonyl (C=O) groups is 4. The third kappa shape index (κ3) is 8.51. The summed E-state index contributed by atoms with van der Waals surface area (Å²) in [5.41, 5.74) is 1.61. The van der Waals surface area contributed by atoms with Gasteiger partial charge in [0.2, 0.25) is 17.7 Å². The van der Waals surface area contributed by atoms with E-state index in [0.717, 1.165) is 44.7 Å². The van der Waals surface area contributed by atoms with Crippen molar-refractivity contribution in [1.82, 2.24) is 20.4 Å². The van der Waals surface area contributed by atoms with Gasteiger partial charge < -0.3 is 25.8 Å². The Hall–Kier alpha value is -3.47. The molecule has 0 spiro atoms. The van der Waals surface area contributed by atoms with Crippen molar-refractivity contribution >= 4 is 46.6 Å². The molecular formula is C29H37ClN6O4. The molecule has 2 aliphatic rings. The standard InChI is InChI=1S/C29H37ClN6O4/c1-34-16-18-35(19-17-34)15-13-31-29(40)25(20-26(37)32-23-9-7-22(30)8-10-23)33-28(39)21-5-11-24(12-6-21)36-14-3-2-4-27(36)38/h5-12,25H,2-4,13-20H2,1H3,(H,31,40)(H,32,37)(H,33,39). The molecule has 10 nitrogen and oxygen atoms in total. The van der Waals surface area contributed by atoms with Crippen LogP contribution in [0.5, 0.6) is 0 Å². The van der Waals surface area contributed by atoms with E-state index in [0.29, 0.717) is 42.3 Å². The van der Waals surface area contributed by atoms with Gasteiger partial charge in [-0.25, -0.2) is 0 Å². The van der Waals surface area contributed by atoms with Gasteiger partial charge >= 0.3 is 0 Å². The molecule has 0 saturated carbocycles. The van der Waals surface area contributed by atoms with Crippen LogP contribution in [0.4, 0.5) is 11.4 Å². The largest absolute Gasteiger partial charge is 0.353 e. The highest BCUT2D eigenvalue weighted by Gasteiger charge is 2.26. The fraction of sp³-hybridized carbons (Fsp3) is 0.448. The Morgan fingerprint density at radius 1 is 0.925 bits per heavy atom. The van der Waals surface area contributed by atoms with Crippen molar-refractivity contribution in [1.29, 1.82) is 0 Å². The maximum atomic E-state index is 13.1. The predicted octanol–water partition coefficient (Wildman–Crippen LogP) is 2.35. The quantitative estimate of drug-likeness (QED) is 0.405. The normalized spacial score (nSPS) is 17.2. The lowest BCUT2D eigenvalue weighted by Gasteiger charge is -2.32. The highest BCUT2D eigenvalue weighted by molar-refractivity contribution is 6.30. The number of hydrogen-bond acceptors (Lipinski definition) is 6. The van der Waals surface area contributed by atoms with Gasteiger partial charge in [-0.05, 0) is 68.4 Å². The number of anilines is 2. The molecule has 1 unspecified atom stereocenters. The van der Waals surface area contributed by atoms with E-state index in [9.17, 15) is 19.2 Å². The van der Waals surface area contributed by atoms with Crippen LogP contribution in [-0.4, -0.2) is 92.3 Å². The third-order valence-corrected chi connectivity index (χ3v) is 7.48. The molecule has 40 heavy (non-hydrogen) atoms. The molecule has 0 bridgehead atoms. The van der Waals surface area contributed by atoms with Crippen molar-refractivity contribution in [3.05, 3.63) is 59.1 Å². The number of amides is 4. The molecule has 0 radical (unpaired) electrons. The molecule has 3 N–H and O–H groups in total. The molecule has 4 rings (SSSR count). The molecule has 2 aromatic rings. The Labute approximate surface area is 240 Å². The molecule has 1 atom stereocenters. The average Bonchev–Trinajstić information content (AvgIpc) is 2.95. The zero-order valence-electron chi connectivity index (χ0n) is 22.8. The Morgan fingerprint density at radius 3 is 2.30 bits per heavy atom. The summed E-state index contributed by atoms with van der Waals surface area (Å²) in [5, 5.41) is 8.90. The van der Waals surface area contributed by atoms with Crippen molar-refractivity contribution in [2.75, 3.05) is 63.1 Å². The second kappa shape index (κ2) is 14.2. The summed E-state index contributed by atoms with van der Waals surface area (Å²) in [6, 6.07) is 12.3. The molecule has 11 heteroatoms. The van der Waals surface area contributed by atoms with Crippen LogP contribution >= 0.6 is 11.6 Å². The molecule has 2 fully saturated rings. The number of nitrogens with zero attached hydrogens (tertiary/aromatic N) is 3. The summed E-state index contributed by atoms with van der Waals surface area (Å²) >= 11 is 5.92. The molecule has 214 valence electrons. The van der Waals surface area contributed by atoms with Crippen molar-refractivity contribution in [3.63, 3.8) is 0 Å². The number of piperazine rings is 1. The zero-order chi connectivity index (χ0) is 28.5. The molecule has 2 heterocycles. The average molecular weight is 569 g/mol. The molecular weight excluding hydrogens is 532 g/mol. The van der Waals surface area contributed by atoms with E-state index in [4.69, 9.17) is 11.6 Å². The number of piperidine rings is 1. The highest BCUT2D eigenvalue weighted by Crippen LogP contribution is 2.21. The number of rotatable bonds is 10. The summed E-state index contributed by atoms with van der Waals surface area (Å²) < 4.78 is 0. The maximum absolute atomic E-state index is 13.1. The minimum absolute atomic E-state index is 0.0726. The SMILES string of the molecule is CN1CCN(CCNC(=O)C(CC(=O)Nc2ccc(Cl)cc2)NC(=O)c2ccc(N3CCCCC3=O)cc2)CC1. The third-order valence-electron chi connectivity index (χ3n) is 7.23. The summed E-state index contributed by atoms with van der Waals surface area (Å²) in [5.74, 6) is -1.25. The lowest BCUT2D eigenvalue weighted by molar-refractivity contribution is -0.126. The number of nitrogens with one attached hydrogen (secondary N) is 3. The predicted molar refractivity (Wildman–Crippen MR) is 156 cm³/mol. The van der Waals surface area contributed by atoms with Gasteiger partial charge in [0.25, 0.3) is 5.91 Å². The van der Waals surface area contributed by atoms with Gasteiger partial charge in [-0.3, -0.25) is 24.1 Å². The first-order valence-corrected chi connectivity index (χ1v) is 14.1. The van der Waals surface area contributed by atoms with Crippen LogP contribution in [0.3, 0.4) is 0 Å². The van der Waals surface area contributed by atoms with Crippen LogP contribution in [-0.2, 0) is 14.4 Å². The van der Waals surface area contributed by atoms with Crippen LogP contribution in [0, 0.1) is 0 Å². The first-order chi connectivity index (χ1) is 19.3. The van der Waals surface area contributed by atoms with Crippen LogP contribution in [0.2, 0.25) is 5.02 Å². The monoisotopic (exact) mass is 568 g/mol. The van der Waals surface area contributed by atoms with Crippen molar-refractivity contribution in [3.8, 4) is 0 Å². The van der Waals surface area contributed by atoms with Crippen molar-refractivity contribution in [2.24, 2.45) is 0 Å². The second-order valence-electron chi connectivity index (χ2n) is 10.3. The van der Waals surface area contributed by atoms with Gasteiger partial charge in [0, 0.05) is 74.2 Å². The van der Waals surface area contributed by atoms with Gasteiger partial charge in [0.15, 0.2) is 0 Å². The van der Waals surface area contributed by atoms with Gasteiger partial charge in [0.05, 0.1) is 6.42 Å². The van der Waals surface area contributed by atoms with E-state index in [1.807, 2.05) is 0 Å². The van der Waals surface area contributed by atoms with Crippen molar-refractivity contribution in [2.45, 2.75) is 31.7 Å². The first-order valence-electron chi connectivity index (χ1n) is 13.7. The summed E-state index contributed by atoms with van der Waals surface area (Å²) in [7, 11) is 2.09. The number of likely N-dealkylation sites (N-methyl/N-ethyl adjacent to an activating group) is 1. The fourth-order valence-electron chi connectivity index (χ4n) is 4.79. The highest BCUT2D eigenvalue weighted by atomic mass is 35.5. The lowest BCUT2D eigenvalue weighted by Crippen LogP contribution is -2.51. The van der Waals surface area contributed by atoms with Crippen LogP contribution in [0.1, 0.15) is 36.0 Å². The summed E-state index contributed by atoms with van der Waals surface area (Å²) in [6.45, 7) is 5.55. The molecule has 0 aromatic heterocycles. The first kappa shape index (κ1) is 29.5.